The van der Waals surface area contributed by atoms with Crippen LogP contribution in [-0.2, 0) is 11.2 Å². The van der Waals surface area contributed by atoms with Crippen molar-refractivity contribution in [3.63, 3.8) is 0 Å². The number of carbonyl (C=O) groups excluding carboxylic acids is 2. The first kappa shape index (κ1) is 26.7. The molecule has 9 heteroatoms. The van der Waals surface area contributed by atoms with E-state index in [4.69, 9.17) is 0 Å². The lowest BCUT2D eigenvalue weighted by atomic mass is 9.93. The number of nitrogens with one attached hydrogen (secondary N) is 1. The molecule has 0 spiro atoms. The highest BCUT2D eigenvalue weighted by atomic mass is 32.2. The van der Waals surface area contributed by atoms with Crippen LogP contribution in [0.1, 0.15) is 35.4 Å². The van der Waals surface area contributed by atoms with Gasteiger partial charge in [-0.05, 0) is 78.6 Å². The first-order chi connectivity index (χ1) is 18.4. The Morgan fingerprint density at radius 1 is 1.11 bits per heavy atom. The average molecular weight is 553 g/mol. The molecule has 2 aromatic carbocycles. The number of rotatable bonds is 6. The molecule has 1 aromatic heterocycles. The molecule has 1 fully saturated rings. The molecule has 200 valence electrons. The number of carbonyl (C=O) groups is 2. The molecule has 0 radical (unpaired) electrons. The van der Waals surface area contributed by atoms with Crippen LogP contribution in [0.25, 0.3) is 0 Å². The zero-order valence-corrected chi connectivity index (χ0v) is 23.4. The predicted octanol–water partition coefficient (Wildman–Crippen LogP) is 5.71. The van der Waals surface area contributed by atoms with Crippen molar-refractivity contribution in [2.24, 2.45) is 0 Å². The van der Waals surface area contributed by atoms with Crippen LogP contribution in [0.3, 0.4) is 0 Å². The molecule has 0 bridgehead atoms. The van der Waals surface area contributed by atoms with E-state index in [0.29, 0.717) is 32.6 Å². The Morgan fingerprint density at radius 3 is 2.66 bits per heavy atom. The number of urea groups is 1. The van der Waals surface area contributed by atoms with Crippen LogP contribution in [0.15, 0.2) is 64.9 Å². The lowest BCUT2D eigenvalue weighted by Gasteiger charge is -2.40. The van der Waals surface area contributed by atoms with Crippen LogP contribution in [-0.4, -0.2) is 71.7 Å². The quantitative estimate of drug-likeness (QED) is 0.398. The van der Waals surface area contributed by atoms with Crippen molar-refractivity contribution in [3.8, 4) is 0 Å². The molecule has 3 aromatic rings. The Kier molecular flexibility index (Phi) is 8.35. The summed E-state index contributed by atoms with van der Waals surface area (Å²) < 4.78 is 14.1. The lowest BCUT2D eigenvalue weighted by Crippen LogP contribution is -2.56. The maximum Gasteiger partial charge on any atom is 0.322 e. The van der Waals surface area contributed by atoms with Crippen LogP contribution < -0.4 is 5.32 Å². The molecule has 3 amide bonds. The molecule has 0 saturated carbocycles. The van der Waals surface area contributed by atoms with Gasteiger partial charge in [0, 0.05) is 60.6 Å². The summed E-state index contributed by atoms with van der Waals surface area (Å²) in [7, 11) is 0. The third kappa shape index (κ3) is 5.90. The first-order valence-electron chi connectivity index (χ1n) is 13.0. The minimum absolute atomic E-state index is 0.0436. The third-order valence-corrected chi connectivity index (χ3v) is 9.17. The largest absolute Gasteiger partial charge is 0.339 e. The summed E-state index contributed by atoms with van der Waals surface area (Å²) in [5.41, 5.74) is 2.91. The SMILES string of the molecule is CSc1ccc(NC(=O)N2CCN(C(=O)CCN3CCc4sccc4[C@@H]3c3cccc(F)c3)C[C@@H]2C)cc1. The second kappa shape index (κ2) is 11.9. The molecule has 1 N–H and O–H groups in total. The second-order valence-electron chi connectivity index (χ2n) is 9.83. The van der Waals surface area contributed by atoms with Crippen molar-refractivity contribution in [3.05, 3.63) is 81.8 Å². The highest BCUT2D eigenvalue weighted by molar-refractivity contribution is 7.98. The van der Waals surface area contributed by atoms with E-state index in [1.54, 1.807) is 40.1 Å². The summed E-state index contributed by atoms with van der Waals surface area (Å²) in [5.74, 6) is -0.146. The number of hydrogen-bond donors (Lipinski definition) is 1. The van der Waals surface area contributed by atoms with E-state index in [1.165, 1.54) is 16.5 Å². The van der Waals surface area contributed by atoms with Gasteiger partial charge in [0.05, 0.1) is 6.04 Å². The first-order valence-corrected chi connectivity index (χ1v) is 15.1. The van der Waals surface area contributed by atoms with Gasteiger partial charge in [0.2, 0.25) is 5.91 Å². The lowest BCUT2D eigenvalue weighted by molar-refractivity contribution is -0.134. The van der Waals surface area contributed by atoms with Crippen LogP contribution >= 0.6 is 23.1 Å². The molecule has 5 rings (SSSR count). The fourth-order valence-corrected chi connectivity index (χ4v) is 6.74. The molecule has 1 saturated heterocycles. The minimum Gasteiger partial charge on any atom is -0.339 e. The maximum atomic E-state index is 14.1. The van der Waals surface area contributed by atoms with Crippen molar-refractivity contribution in [2.45, 2.75) is 36.7 Å². The Bertz CT molecular complexity index is 1280. The van der Waals surface area contributed by atoms with Gasteiger partial charge in [-0.2, -0.15) is 0 Å². The number of anilines is 1. The number of amides is 3. The molecule has 2 atom stereocenters. The van der Waals surface area contributed by atoms with E-state index in [1.807, 2.05) is 48.4 Å². The number of halogens is 1. The van der Waals surface area contributed by atoms with E-state index < -0.39 is 0 Å². The number of thiophene rings is 1. The number of nitrogens with zero attached hydrogens (tertiary/aromatic N) is 3. The predicted molar refractivity (Wildman–Crippen MR) is 152 cm³/mol. The van der Waals surface area contributed by atoms with E-state index in [-0.39, 0.29) is 29.8 Å². The van der Waals surface area contributed by atoms with Crippen LogP contribution in [0.2, 0.25) is 0 Å². The van der Waals surface area contributed by atoms with Crippen LogP contribution in [0.4, 0.5) is 14.9 Å². The summed E-state index contributed by atoms with van der Waals surface area (Å²) in [4.78, 5) is 34.6. The van der Waals surface area contributed by atoms with E-state index in [0.717, 1.165) is 29.1 Å². The van der Waals surface area contributed by atoms with Crippen molar-refractivity contribution in [2.75, 3.05) is 44.3 Å². The van der Waals surface area contributed by atoms with Crippen molar-refractivity contribution in [1.82, 2.24) is 14.7 Å². The fourth-order valence-electron chi connectivity index (χ4n) is 5.43. The van der Waals surface area contributed by atoms with E-state index in [9.17, 15) is 14.0 Å². The molecule has 2 aliphatic heterocycles. The molecule has 0 aliphatic carbocycles. The van der Waals surface area contributed by atoms with Crippen molar-refractivity contribution < 1.29 is 14.0 Å². The zero-order chi connectivity index (χ0) is 26.6. The summed E-state index contributed by atoms with van der Waals surface area (Å²) in [6.45, 7) is 4.96. The molecule has 3 heterocycles. The molecule has 0 unspecified atom stereocenters. The zero-order valence-electron chi connectivity index (χ0n) is 21.7. The van der Waals surface area contributed by atoms with Gasteiger partial charge in [0.1, 0.15) is 5.82 Å². The Hall–Kier alpha value is -2.88. The Morgan fingerprint density at radius 2 is 1.92 bits per heavy atom. The number of fused-ring (bicyclic) bond motifs is 1. The molecular formula is C29H33FN4O2S2. The summed E-state index contributed by atoms with van der Waals surface area (Å²) in [6.07, 6.45) is 3.36. The fraction of sp³-hybridized carbons (Fsp3) is 0.379. The van der Waals surface area contributed by atoms with Crippen LogP contribution in [0.5, 0.6) is 0 Å². The maximum absolute atomic E-state index is 14.1. The topological polar surface area (TPSA) is 55.9 Å². The monoisotopic (exact) mass is 552 g/mol. The summed E-state index contributed by atoms with van der Waals surface area (Å²) in [5, 5.41) is 5.08. The molecule has 38 heavy (non-hydrogen) atoms. The van der Waals surface area contributed by atoms with Gasteiger partial charge in [0.15, 0.2) is 0 Å². The van der Waals surface area contributed by atoms with Gasteiger partial charge in [-0.25, -0.2) is 9.18 Å². The minimum atomic E-state index is -0.242. The average Bonchev–Trinajstić information content (AvgIpc) is 3.40. The Balaban J connectivity index is 1.17. The van der Waals surface area contributed by atoms with Crippen molar-refractivity contribution >= 4 is 40.7 Å². The Labute approximate surface area is 231 Å². The smallest absolute Gasteiger partial charge is 0.322 e. The van der Waals surface area contributed by atoms with Gasteiger partial charge in [-0.3, -0.25) is 9.69 Å². The van der Waals surface area contributed by atoms with Gasteiger partial charge in [-0.1, -0.05) is 12.1 Å². The van der Waals surface area contributed by atoms with Crippen LogP contribution in [0, 0.1) is 5.82 Å². The summed E-state index contributed by atoms with van der Waals surface area (Å²) in [6, 6.07) is 16.5. The van der Waals surface area contributed by atoms with Crippen molar-refractivity contribution in [1.29, 1.82) is 0 Å². The molecule has 2 aliphatic rings. The van der Waals surface area contributed by atoms with Gasteiger partial charge in [-0.15, -0.1) is 23.1 Å². The number of thioether (sulfide) groups is 1. The highest BCUT2D eigenvalue weighted by Crippen LogP contribution is 2.38. The third-order valence-electron chi connectivity index (χ3n) is 7.43. The summed E-state index contributed by atoms with van der Waals surface area (Å²) >= 11 is 3.41. The normalized spacial score (nSPS) is 19.8. The molecule has 6 nitrogen and oxygen atoms in total. The highest BCUT2D eigenvalue weighted by Gasteiger charge is 2.32. The number of benzene rings is 2. The van der Waals surface area contributed by atoms with E-state index >= 15 is 0 Å². The van der Waals surface area contributed by atoms with E-state index in [2.05, 4.69) is 21.7 Å². The standard InChI is InChI=1S/C29H33FN4O2S2/c1-20-19-33(15-16-34(20)29(36)31-23-6-8-24(37-2)9-7-23)27(35)11-14-32-13-10-26-25(12-17-38-26)28(32)21-4-3-5-22(30)18-21/h3-9,12,17-18,20,28H,10-11,13-16,19H2,1-2H3,(H,31,36)/t20-,28-/m0/s1. The second-order valence-corrected chi connectivity index (χ2v) is 11.7. The number of hydrogen-bond acceptors (Lipinski definition) is 5. The van der Waals surface area contributed by atoms with Gasteiger partial charge in [0.25, 0.3) is 0 Å². The number of piperazine rings is 1. The molecular weight excluding hydrogens is 519 g/mol. The van der Waals surface area contributed by atoms with Gasteiger partial charge >= 0.3 is 6.03 Å². The van der Waals surface area contributed by atoms with Gasteiger partial charge < -0.3 is 15.1 Å².